The normalized spacial score (nSPS) is 11.1. The molecule has 0 saturated heterocycles. The minimum Gasteiger partial charge on any atom is -0.497 e. The van der Waals surface area contributed by atoms with Gasteiger partial charge in [-0.3, -0.25) is 4.79 Å². The summed E-state index contributed by atoms with van der Waals surface area (Å²) < 4.78 is 11.7. The van der Waals surface area contributed by atoms with Gasteiger partial charge in [0.25, 0.3) is 5.91 Å². The van der Waals surface area contributed by atoms with Gasteiger partial charge in [-0.1, -0.05) is 15.9 Å². The van der Waals surface area contributed by atoms with Crippen LogP contribution < -0.4 is 10.1 Å². The number of halogens is 1. The molecule has 0 aliphatic heterocycles. The molecule has 5 nitrogen and oxygen atoms in total. The zero-order valence-corrected chi connectivity index (χ0v) is 18.5. The maximum Gasteiger partial charge on any atom is 0.252 e. The average Bonchev–Trinajstić information content (AvgIpc) is 2.72. The molecule has 1 aromatic heterocycles. The first-order valence-electron chi connectivity index (χ1n) is 9.62. The Bertz CT molecular complexity index is 987. The van der Waals surface area contributed by atoms with Crippen LogP contribution in [-0.2, 0) is 4.74 Å². The maximum absolute atomic E-state index is 12.9. The average molecular weight is 457 g/mol. The Morgan fingerprint density at radius 2 is 1.90 bits per heavy atom. The van der Waals surface area contributed by atoms with Crippen LogP contribution in [-0.4, -0.2) is 37.3 Å². The number of pyridine rings is 1. The van der Waals surface area contributed by atoms with E-state index in [0.29, 0.717) is 18.7 Å². The largest absolute Gasteiger partial charge is 0.497 e. The Labute approximate surface area is 179 Å². The fourth-order valence-corrected chi connectivity index (χ4v) is 3.34. The van der Waals surface area contributed by atoms with Gasteiger partial charge in [-0.05, 0) is 68.8 Å². The summed E-state index contributed by atoms with van der Waals surface area (Å²) in [5, 5.41) is 3.81. The van der Waals surface area contributed by atoms with E-state index >= 15 is 0 Å². The SMILES string of the molecule is COc1ccc(-c2cc(C(=O)NCCCOC(C)C)c3cc(Br)ccc3n2)cc1. The van der Waals surface area contributed by atoms with E-state index in [2.05, 4.69) is 21.2 Å². The number of hydrogen-bond acceptors (Lipinski definition) is 4. The molecular weight excluding hydrogens is 432 g/mol. The molecule has 1 amide bonds. The Morgan fingerprint density at radius 3 is 2.59 bits per heavy atom. The molecule has 0 atom stereocenters. The van der Waals surface area contributed by atoms with Crippen molar-refractivity contribution in [3.63, 3.8) is 0 Å². The number of hydrogen-bond donors (Lipinski definition) is 1. The highest BCUT2D eigenvalue weighted by Gasteiger charge is 2.14. The molecule has 1 heterocycles. The van der Waals surface area contributed by atoms with E-state index in [0.717, 1.165) is 38.8 Å². The van der Waals surface area contributed by atoms with Gasteiger partial charge in [0.05, 0.1) is 30.0 Å². The fraction of sp³-hybridized carbons (Fsp3) is 0.304. The van der Waals surface area contributed by atoms with Gasteiger partial charge in [-0.25, -0.2) is 4.98 Å². The molecule has 0 aliphatic carbocycles. The van der Waals surface area contributed by atoms with Crippen molar-refractivity contribution < 1.29 is 14.3 Å². The van der Waals surface area contributed by atoms with Crippen LogP contribution in [0.25, 0.3) is 22.2 Å². The number of methoxy groups -OCH3 is 1. The van der Waals surface area contributed by atoms with Gasteiger partial charge in [0.15, 0.2) is 0 Å². The third-order valence-electron chi connectivity index (χ3n) is 4.46. The molecule has 6 heteroatoms. The number of aromatic nitrogens is 1. The summed E-state index contributed by atoms with van der Waals surface area (Å²) >= 11 is 3.49. The molecule has 0 radical (unpaired) electrons. The summed E-state index contributed by atoms with van der Waals surface area (Å²) in [5.74, 6) is 0.662. The molecule has 0 bridgehead atoms. The van der Waals surface area contributed by atoms with Crippen molar-refractivity contribution in [2.45, 2.75) is 26.4 Å². The van der Waals surface area contributed by atoms with Gasteiger partial charge in [-0.2, -0.15) is 0 Å². The number of benzene rings is 2. The minimum absolute atomic E-state index is 0.116. The monoisotopic (exact) mass is 456 g/mol. The number of amides is 1. The van der Waals surface area contributed by atoms with E-state index in [9.17, 15) is 4.79 Å². The third-order valence-corrected chi connectivity index (χ3v) is 4.95. The molecule has 1 N–H and O–H groups in total. The lowest BCUT2D eigenvalue weighted by molar-refractivity contribution is 0.0757. The topological polar surface area (TPSA) is 60.5 Å². The van der Waals surface area contributed by atoms with Crippen LogP contribution in [0.1, 0.15) is 30.6 Å². The van der Waals surface area contributed by atoms with Crippen LogP contribution in [0.3, 0.4) is 0 Å². The van der Waals surface area contributed by atoms with Gasteiger partial charge in [0.2, 0.25) is 0 Å². The highest BCUT2D eigenvalue weighted by atomic mass is 79.9. The van der Waals surface area contributed by atoms with Crippen molar-refractivity contribution in [2.24, 2.45) is 0 Å². The predicted octanol–water partition coefficient (Wildman–Crippen LogP) is 5.22. The van der Waals surface area contributed by atoms with Crippen LogP contribution in [0, 0.1) is 0 Å². The summed E-state index contributed by atoms with van der Waals surface area (Å²) in [6.45, 7) is 5.18. The number of nitrogens with one attached hydrogen (secondary N) is 1. The van der Waals surface area contributed by atoms with Crippen molar-refractivity contribution in [1.82, 2.24) is 10.3 Å². The highest BCUT2D eigenvalue weighted by molar-refractivity contribution is 9.10. The Kier molecular flexibility index (Phi) is 7.23. The van der Waals surface area contributed by atoms with Crippen molar-refractivity contribution in [2.75, 3.05) is 20.3 Å². The van der Waals surface area contributed by atoms with Crippen molar-refractivity contribution >= 4 is 32.7 Å². The molecule has 0 unspecified atom stereocenters. The lowest BCUT2D eigenvalue weighted by Crippen LogP contribution is -2.26. The molecule has 29 heavy (non-hydrogen) atoms. The zero-order chi connectivity index (χ0) is 20.8. The van der Waals surface area contributed by atoms with Gasteiger partial charge < -0.3 is 14.8 Å². The van der Waals surface area contributed by atoms with Gasteiger partial charge in [0, 0.05) is 28.6 Å². The second kappa shape index (κ2) is 9.85. The standard InChI is InChI=1S/C23H25BrN2O3/c1-15(2)29-12-4-11-25-23(27)20-14-22(16-5-8-18(28-3)9-6-16)26-21-10-7-17(24)13-19(20)21/h5-10,13-15H,4,11-12H2,1-3H3,(H,25,27). The lowest BCUT2D eigenvalue weighted by Gasteiger charge is -2.12. The van der Waals surface area contributed by atoms with Crippen molar-refractivity contribution in [1.29, 1.82) is 0 Å². The molecule has 152 valence electrons. The summed E-state index contributed by atoms with van der Waals surface area (Å²) in [4.78, 5) is 17.7. The van der Waals surface area contributed by atoms with Crippen LogP contribution in [0.5, 0.6) is 5.75 Å². The summed E-state index contributed by atoms with van der Waals surface area (Å²) in [6, 6.07) is 15.3. The third kappa shape index (κ3) is 5.55. The molecule has 0 saturated carbocycles. The number of carbonyl (C=O) groups excluding carboxylic acids is 1. The Morgan fingerprint density at radius 1 is 1.14 bits per heavy atom. The van der Waals surface area contributed by atoms with E-state index in [1.165, 1.54) is 0 Å². The Balaban J connectivity index is 1.89. The smallest absolute Gasteiger partial charge is 0.252 e. The number of rotatable bonds is 8. The van der Waals surface area contributed by atoms with E-state index in [1.54, 1.807) is 7.11 Å². The van der Waals surface area contributed by atoms with Gasteiger partial charge >= 0.3 is 0 Å². The summed E-state index contributed by atoms with van der Waals surface area (Å²) in [7, 11) is 1.63. The molecule has 3 aromatic rings. The first-order chi connectivity index (χ1) is 14.0. The van der Waals surface area contributed by atoms with Gasteiger partial charge in [0.1, 0.15) is 5.75 Å². The highest BCUT2D eigenvalue weighted by Crippen LogP contribution is 2.28. The first kappa shape index (κ1) is 21.3. The Hall–Kier alpha value is -2.44. The fourth-order valence-electron chi connectivity index (χ4n) is 2.98. The quantitative estimate of drug-likeness (QED) is 0.472. The number of ether oxygens (including phenoxy) is 2. The summed E-state index contributed by atoms with van der Waals surface area (Å²) in [5.41, 5.74) is 3.05. The van der Waals surface area contributed by atoms with Crippen molar-refractivity contribution in [3.8, 4) is 17.0 Å². The maximum atomic E-state index is 12.9. The van der Waals surface area contributed by atoms with Crippen LogP contribution in [0.4, 0.5) is 0 Å². The van der Waals surface area contributed by atoms with Crippen molar-refractivity contribution in [3.05, 3.63) is 58.6 Å². The first-order valence-corrected chi connectivity index (χ1v) is 10.4. The van der Waals surface area contributed by atoms with Crippen LogP contribution in [0.2, 0.25) is 0 Å². The number of nitrogens with zero attached hydrogens (tertiary/aromatic N) is 1. The molecule has 3 rings (SSSR count). The van der Waals surface area contributed by atoms with E-state index in [-0.39, 0.29) is 12.0 Å². The number of fused-ring (bicyclic) bond motifs is 1. The second-order valence-corrected chi connectivity index (χ2v) is 7.89. The van der Waals surface area contributed by atoms with E-state index in [1.807, 2.05) is 62.4 Å². The zero-order valence-electron chi connectivity index (χ0n) is 16.9. The molecule has 2 aromatic carbocycles. The van der Waals surface area contributed by atoms with Crippen LogP contribution in [0.15, 0.2) is 53.0 Å². The molecule has 0 spiro atoms. The lowest BCUT2D eigenvalue weighted by atomic mass is 10.0. The van der Waals surface area contributed by atoms with E-state index in [4.69, 9.17) is 14.5 Å². The molecule has 0 aliphatic rings. The number of carbonyl (C=O) groups is 1. The second-order valence-electron chi connectivity index (χ2n) is 6.97. The molecule has 0 fully saturated rings. The summed E-state index contributed by atoms with van der Waals surface area (Å²) in [6.07, 6.45) is 0.960. The predicted molar refractivity (Wildman–Crippen MR) is 119 cm³/mol. The minimum atomic E-state index is -0.116. The van der Waals surface area contributed by atoms with E-state index < -0.39 is 0 Å². The molecular formula is C23H25BrN2O3. The van der Waals surface area contributed by atoms with Crippen LogP contribution >= 0.6 is 15.9 Å². The van der Waals surface area contributed by atoms with Gasteiger partial charge in [-0.15, -0.1) is 0 Å².